The van der Waals surface area contributed by atoms with Gasteiger partial charge in [-0.15, -0.1) is 0 Å². The second-order valence-electron chi connectivity index (χ2n) is 8.80. The first-order chi connectivity index (χ1) is 17.8. The van der Waals surface area contributed by atoms with Gasteiger partial charge in [-0.1, -0.05) is 18.2 Å². The predicted octanol–water partition coefficient (Wildman–Crippen LogP) is 1.55. The summed E-state index contributed by atoms with van der Waals surface area (Å²) >= 11 is 0. The number of nitrogens with one attached hydrogen (secondary N) is 2. The molecule has 0 fully saturated rings. The molecule has 2 amide bonds. The van der Waals surface area contributed by atoms with Crippen molar-refractivity contribution in [1.82, 2.24) is 40.4 Å². The van der Waals surface area contributed by atoms with Crippen molar-refractivity contribution in [2.75, 3.05) is 0 Å². The summed E-state index contributed by atoms with van der Waals surface area (Å²) in [6.45, 7) is 1.84. The van der Waals surface area contributed by atoms with Crippen LogP contribution < -0.4 is 16.3 Å². The summed E-state index contributed by atoms with van der Waals surface area (Å²) in [4.78, 5) is 45.7. The molecule has 0 bridgehead atoms. The molecule has 2 aromatic carbocycles. The molecule has 11 nitrogen and oxygen atoms in total. The van der Waals surface area contributed by atoms with Crippen molar-refractivity contribution in [3.05, 3.63) is 98.7 Å². The Hall–Kier alpha value is -4.74. The molecule has 5 rings (SSSR count). The lowest BCUT2D eigenvalue weighted by Crippen LogP contribution is -2.29. The SMILES string of the molecule is Cc1cc(CNC(=O)c2cc(C(=O)N[C@H]3CCc4cc(-n5nnn(C)c5=O)ccc43)ncn2)ccc1F. The Morgan fingerprint density at radius 3 is 2.57 bits per heavy atom. The summed E-state index contributed by atoms with van der Waals surface area (Å²) in [6, 6.07) is 11.2. The molecule has 37 heavy (non-hydrogen) atoms. The van der Waals surface area contributed by atoms with Crippen molar-refractivity contribution in [2.24, 2.45) is 7.05 Å². The summed E-state index contributed by atoms with van der Waals surface area (Å²) < 4.78 is 15.8. The molecule has 1 aliphatic rings. The zero-order valence-electron chi connectivity index (χ0n) is 20.1. The van der Waals surface area contributed by atoms with Gasteiger partial charge in [-0.25, -0.2) is 19.2 Å². The number of nitrogens with zero attached hydrogens (tertiary/aromatic N) is 6. The molecule has 0 saturated carbocycles. The zero-order chi connectivity index (χ0) is 26.1. The number of halogens is 1. The Morgan fingerprint density at radius 1 is 1.05 bits per heavy atom. The number of fused-ring (bicyclic) bond motifs is 1. The van der Waals surface area contributed by atoms with E-state index in [0.717, 1.165) is 21.4 Å². The van der Waals surface area contributed by atoms with Crippen molar-refractivity contribution in [2.45, 2.75) is 32.4 Å². The number of carbonyl (C=O) groups is 2. The van der Waals surface area contributed by atoms with Crippen molar-refractivity contribution in [3.63, 3.8) is 0 Å². The largest absolute Gasteiger partial charge is 0.368 e. The Kier molecular flexibility index (Phi) is 6.30. The average molecular weight is 503 g/mol. The van der Waals surface area contributed by atoms with Crippen LogP contribution in [0, 0.1) is 12.7 Å². The fourth-order valence-corrected chi connectivity index (χ4v) is 4.29. The van der Waals surface area contributed by atoms with Crippen molar-refractivity contribution in [1.29, 1.82) is 0 Å². The van der Waals surface area contributed by atoms with Crippen LogP contribution in [0.2, 0.25) is 0 Å². The van der Waals surface area contributed by atoms with Gasteiger partial charge in [0.1, 0.15) is 23.5 Å². The Balaban J connectivity index is 1.25. The van der Waals surface area contributed by atoms with Gasteiger partial charge in [0.15, 0.2) is 0 Å². The molecule has 188 valence electrons. The second-order valence-corrected chi connectivity index (χ2v) is 8.80. The summed E-state index contributed by atoms with van der Waals surface area (Å²) in [5.74, 6) is -1.22. The highest BCUT2D eigenvalue weighted by Gasteiger charge is 2.26. The van der Waals surface area contributed by atoms with Crippen LogP contribution in [0.1, 0.15) is 55.7 Å². The van der Waals surface area contributed by atoms with Gasteiger partial charge in [-0.3, -0.25) is 9.59 Å². The lowest BCUT2D eigenvalue weighted by atomic mass is 10.1. The van der Waals surface area contributed by atoms with E-state index in [1.807, 2.05) is 12.1 Å². The minimum atomic E-state index is -0.476. The maximum Gasteiger partial charge on any atom is 0.368 e. The van der Waals surface area contributed by atoms with Crippen LogP contribution in [0.15, 0.2) is 53.6 Å². The van der Waals surface area contributed by atoms with Crippen LogP contribution in [-0.4, -0.2) is 41.6 Å². The molecule has 2 heterocycles. The van der Waals surface area contributed by atoms with E-state index in [0.29, 0.717) is 24.1 Å². The molecule has 1 atom stereocenters. The molecule has 0 saturated heterocycles. The number of hydrogen-bond donors (Lipinski definition) is 2. The molecule has 0 aliphatic heterocycles. The number of aromatic nitrogens is 6. The number of amides is 2. The number of hydrogen-bond acceptors (Lipinski definition) is 7. The van der Waals surface area contributed by atoms with E-state index in [9.17, 15) is 18.8 Å². The maximum absolute atomic E-state index is 13.5. The van der Waals surface area contributed by atoms with E-state index in [2.05, 4.69) is 31.0 Å². The minimum Gasteiger partial charge on any atom is -0.347 e. The molecular formula is C25H23FN8O3. The van der Waals surface area contributed by atoms with E-state index >= 15 is 0 Å². The quantitative estimate of drug-likeness (QED) is 0.408. The fourth-order valence-electron chi connectivity index (χ4n) is 4.29. The van der Waals surface area contributed by atoms with E-state index in [4.69, 9.17) is 0 Å². The first-order valence-electron chi connectivity index (χ1n) is 11.6. The lowest BCUT2D eigenvalue weighted by Gasteiger charge is -2.14. The summed E-state index contributed by atoms with van der Waals surface area (Å²) in [6.07, 6.45) is 2.55. The molecule has 0 unspecified atom stereocenters. The standard InChI is InChI=1S/C25H23FN8O3/c1-14-9-15(3-7-19(14)26)12-27-23(35)21-11-22(29-13-28-21)24(36)30-20-8-4-16-10-17(5-6-18(16)20)34-25(37)33(2)31-32-34/h3,5-7,9-11,13,20H,4,8,12H2,1-2H3,(H,27,35)(H,30,36)/t20-/m0/s1. The molecule has 12 heteroatoms. The molecule has 0 radical (unpaired) electrons. The number of carbonyl (C=O) groups excluding carboxylic acids is 2. The second kappa shape index (κ2) is 9.72. The van der Waals surface area contributed by atoms with E-state index in [-0.39, 0.29) is 35.5 Å². The predicted molar refractivity (Wildman–Crippen MR) is 129 cm³/mol. The van der Waals surface area contributed by atoms with E-state index in [1.165, 1.54) is 30.2 Å². The van der Waals surface area contributed by atoms with Crippen molar-refractivity contribution >= 4 is 11.8 Å². The average Bonchev–Trinajstić information content (AvgIpc) is 3.46. The maximum atomic E-state index is 13.5. The minimum absolute atomic E-state index is 0.0462. The number of aryl methyl sites for hydroxylation is 3. The molecular weight excluding hydrogens is 479 g/mol. The van der Waals surface area contributed by atoms with E-state index in [1.54, 1.807) is 25.1 Å². The third-order valence-corrected chi connectivity index (χ3v) is 6.28. The first-order valence-corrected chi connectivity index (χ1v) is 11.6. The van der Waals surface area contributed by atoms with Gasteiger partial charge in [0.2, 0.25) is 0 Å². The molecule has 4 aromatic rings. The Bertz CT molecular complexity index is 1580. The van der Waals surface area contributed by atoms with Gasteiger partial charge in [0, 0.05) is 19.7 Å². The smallest absolute Gasteiger partial charge is 0.347 e. The Labute approximate surface area is 210 Å². The highest BCUT2D eigenvalue weighted by molar-refractivity contribution is 5.97. The number of tetrazole rings is 1. The summed E-state index contributed by atoms with van der Waals surface area (Å²) in [5, 5.41) is 13.3. The van der Waals surface area contributed by atoms with Crippen LogP contribution in [0.3, 0.4) is 0 Å². The van der Waals surface area contributed by atoms with Gasteiger partial charge in [-0.2, -0.15) is 9.36 Å². The number of benzene rings is 2. The topological polar surface area (TPSA) is 137 Å². The number of rotatable bonds is 6. The van der Waals surface area contributed by atoms with Gasteiger partial charge in [0.05, 0.1) is 11.7 Å². The van der Waals surface area contributed by atoms with Crippen molar-refractivity contribution < 1.29 is 14.0 Å². The third-order valence-electron chi connectivity index (χ3n) is 6.28. The van der Waals surface area contributed by atoms with Gasteiger partial charge in [0.25, 0.3) is 11.8 Å². The van der Waals surface area contributed by atoms with Crippen LogP contribution in [0.25, 0.3) is 5.69 Å². The van der Waals surface area contributed by atoms with Crippen LogP contribution in [0.5, 0.6) is 0 Å². The third kappa shape index (κ3) is 4.85. The monoisotopic (exact) mass is 502 g/mol. The molecule has 0 spiro atoms. The first kappa shape index (κ1) is 24.0. The molecule has 2 aromatic heterocycles. The van der Waals surface area contributed by atoms with Crippen LogP contribution in [-0.2, 0) is 20.0 Å². The summed E-state index contributed by atoms with van der Waals surface area (Å²) in [7, 11) is 1.53. The van der Waals surface area contributed by atoms with Gasteiger partial charge in [-0.05, 0) is 70.6 Å². The van der Waals surface area contributed by atoms with Crippen LogP contribution in [0.4, 0.5) is 4.39 Å². The summed E-state index contributed by atoms with van der Waals surface area (Å²) in [5.41, 5.74) is 3.53. The molecule has 2 N–H and O–H groups in total. The van der Waals surface area contributed by atoms with Gasteiger partial charge < -0.3 is 10.6 Å². The highest BCUT2D eigenvalue weighted by atomic mass is 19.1. The fraction of sp³-hybridized carbons (Fsp3) is 0.240. The van der Waals surface area contributed by atoms with Gasteiger partial charge >= 0.3 is 5.69 Å². The lowest BCUT2D eigenvalue weighted by molar-refractivity contribution is 0.0931. The van der Waals surface area contributed by atoms with Crippen molar-refractivity contribution in [3.8, 4) is 5.69 Å². The Morgan fingerprint density at radius 2 is 1.84 bits per heavy atom. The zero-order valence-corrected chi connectivity index (χ0v) is 20.1. The van der Waals surface area contributed by atoms with Crippen LogP contribution >= 0.6 is 0 Å². The highest BCUT2D eigenvalue weighted by Crippen LogP contribution is 2.32. The van der Waals surface area contributed by atoms with E-state index < -0.39 is 11.8 Å². The molecule has 1 aliphatic carbocycles. The normalized spacial score (nSPS) is 14.3.